The minimum atomic E-state index is -0.413. The Labute approximate surface area is 103 Å². The molecule has 3 rings (SSSR count). The van der Waals surface area contributed by atoms with Gasteiger partial charge in [0.05, 0.1) is 6.10 Å². The Hall–Kier alpha value is -0.770. The topological polar surface area (TPSA) is 38.8 Å². The molecule has 2 heterocycles. The van der Waals surface area contributed by atoms with Crippen LogP contribution in [0.15, 0.2) is 0 Å². The first kappa shape index (κ1) is 12.7. The van der Waals surface area contributed by atoms with E-state index in [-0.39, 0.29) is 17.6 Å². The molecule has 17 heavy (non-hydrogen) atoms. The number of nitrogens with zero attached hydrogens (tertiary/aromatic N) is 1. The normalized spacial score (nSPS) is 33.2. The summed E-state index contributed by atoms with van der Waals surface area (Å²) in [4.78, 5) is 13.9. The maximum atomic E-state index is 12.0. The Bertz CT molecular complexity index is 315. The molecular formula is C13H23NO3. The van der Waals surface area contributed by atoms with Gasteiger partial charge in [0.1, 0.15) is 5.60 Å². The molecule has 1 unspecified atom stereocenters. The third kappa shape index (κ3) is 2.15. The number of hydrogen-bond acceptors (Lipinski definition) is 3. The lowest BCUT2D eigenvalue weighted by molar-refractivity contribution is -0.0219. The van der Waals surface area contributed by atoms with E-state index in [1.807, 2.05) is 25.7 Å². The van der Waals surface area contributed by atoms with Crippen molar-refractivity contribution in [1.82, 2.24) is 4.90 Å². The van der Waals surface area contributed by atoms with Crippen LogP contribution >= 0.6 is 0 Å². The smallest absolute Gasteiger partial charge is 0.410 e. The highest BCUT2D eigenvalue weighted by molar-refractivity contribution is 5.70. The molecule has 2 bridgehead atoms. The maximum absolute atomic E-state index is 12.0. The highest BCUT2D eigenvalue weighted by Crippen LogP contribution is 2.54. The zero-order valence-corrected chi connectivity index (χ0v) is 11.4. The molecule has 0 N–H and O–H groups in total. The van der Waals surface area contributed by atoms with Gasteiger partial charge < -0.3 is 14.4 Å². The van der Waals surface area contributed by atoms with Gasteiger partial charge in [-0.1, -0.05) is 0 Å². The molecule has 3 fully saturated rings. The molecule has 0 spiro atoms. The molecule has 0 aromatic rings. The summed E-state index contributed by atoms with van der Waals surface area (Å²) >= 11 is 0. The van der Waals surface area contributed by atoms with Crippen molar-refractivity contribution in [2.75, 3.05) is 13.7 Å². The van der Waals surface area contributed by atoms with Crippen LogP contribution in [0.1, 0.15) is 40.5 Å². The van der Waals surface area contributed by atoms with E-state index in [0.717, 1.165) is 19.4 Å². The quantitative estimate of drug-likeness (QED) is 0.745. The van der Waals surface area contributed by atoms with E-state index >= 15 is 0 Å². The SMILES string of the molecule is COC(C)C12CC(C1)N(C(=O)OC(C)(C)C)C2. The maximum Gasteiger partial charge on any atom is 0.410 e. The number of hydrogen-bond donors (Lipinski definition) is 0. The minimum Gasteiger partial charge on any atom is -0.444 e. The molecule has 1 aliphatic carbocycles. The molecule has 98 valence electrons. The average molecular weight is 241 g/mol. The van der Waals surface area contributed by atoms with Crippen LogP contribution in [0.5, 0.6) is 0 Å². The van der Waals surface area contributed by atoms with Gasteiger partial charge in [0, 0.05) is 25.1 Å². The van der Waals surface area contributed by atoms with Gasteiger partial charge in [-0.2, -0.15) is 0 Å². The third-order valence-electron chi connectivity index (χ3n) is 4.05. The molecular weight excluding hydrogens is 218 g/mol. The molecule has 3 aliphatic rings. The standard InChI is InChI=1S/C13H23NO3/c1-9(16-5)13-6-10(7-13)14(8-13)11(15)17-12(2,3)4/h9-10H,6-8H2,1-5H3. The second-order valence-electron chi connectivity index (χ2n) is 6.41. The van der Waals surface area contributed by atoms with Gasteiger partial charge in [-0.3, -0.25) is 0 Å². The van der Waals surface area contributed by atoms with Crippen molar-refractivity contribution in [1.29, 1.82) is 0 Å². The summed E-state index contributed by atoms with van der Waals surface area (Å²) in [6, 6.07) is 0.363. The zero-order valence-electron chi connectivity index (χ0n) is 11.4. The highest BCUT2D eigenvalue weighted by Gasteiger charge is 2.60. The Morgan fingerprint density at radius 1 is 1.41 bits per heavy atom. The molecule has 0 radical (unpaired) electrons. The van der Waals surface area contributed by atoms with Crippen LogP contribution in [0.4, 0.5) is 4.79 Å². The summed E-state index contributed by atoms with van der Waals surface area (Å²) in [7, 11) is 1.74. The van der Waals surface area contributed by atoms with Gasteiger partial charge in [-0.05, 0) is 40.5 Å². The highest BCUT2D eigenvalue weighted by atomic mass is 16.6. The van der Waals surface area contributed by atoms with Crippen LogP contribution in [0.3, 0.4) is 0 Å². The number of carbonyl (C=O) groups is 1. The number of rotatable bonds is 2. The fourth-order valence-corrected chi connectivity index (χ4v) is 2.94. The Morgan fingerprint density at radius 3 is 2.47 bits per heavy atom. The fourth-order valence-electron chi connectivity index (χ4n) is 2.94. The molecule has 4 nitrogen and oxygen atoms in total. The molecule has 0 aromatic heterocycles. The van der Waals surface area contributed by atoms with Crippen molar-refractivity contribution in [2.24, 2.45) is 5.41 Å². The second-order valence-corrected chi connectivity index (χ2v) is 6.41. The summed E-state index contributed by atoms with van der Waals surface area (Å²) in [5.74, 6) is 0. The monoisotopic (exact) mass is 241 g/mol. The minimum absolute atomic E-state index is 0.176. The molecule has 1 atom stereocenters. The van der Waals surface area contributed by atoms with Gasteiger partial charge in [0.15, 0.2) is 0 Å². The van der Waals surface area contributed by atoms with Crippen LogP contribution in [0.2, 0.25) is 0 Å². The third-order valence-corrected chi connectivity index (χ3v) is 4.05. The lowest BCUT2D eigenvalue weighted by atomic mass is 9.67. The fraction of sp³-hybridized carbons (Fsp3) is 0.923. The lowest BCUT2D eigenvalue weighted by Gasteiger charge is -2.40. The molecule has 1 amide bonds. The number of amides is 1. The summed E-state index contributed by atoms with van der Waals surface area (Å²) in [5.41, 5.74) is -0.236. The Balaban J connectivity index is 1.97. The van der Waals surface area contributed by atoms with Crippen molar-refractivity contribution < 1.29 is 14.3 Å². The van der Waals surface area contributed by atoms with Gasteiger partial charge >= 0.3 is 6.09 Å². The molecule has 2 saturated heterocycles. The second kappa shape index (κ2) is 3.87. The number of ether oxygens (including phenoxy) is 2. The van der Waals surface area contributed by atoms with Crippen LogP contribution < -0.4 is 0 Å². The van der Waals surface area contributed by atoms with Crippen molar-refractivity contribution in [2.45, 2.75) is 58.3 Å². The molecule has 2 aliphatic heterocycles. The summed E-state index contributed by atoms with van der Waals surface area (Å²) in [6.45, 7) is 8.58. The number of methoxy groups -OCH3 is 1. The first-order chi connectivity index (χ1) is 7.77. The van der Waals surface area contributed by atoms with Crippen LogP contribution in [0, 0.1) is 5.41 Å². The van der Waals surface area contributed by atoms with E-state index in [0.29, 0.717) is 6.04 Å². The molecule has 0 aromatic carbocycles. The number of carbonyl (C=O) groups excluding carboxylic acids is 1. The molecule has 4 heteroatoms. The van der Waals surface area contributed by atoms with E-state index in [2.05, 4.69) is 6.92 Å². The predicted octanol–water partition coefficient (Wildman–Crippen LogP) is 2.42. The van der Waals surface area contributed by atoms with Crippen molar-refractivity contribution in [3.63, 3.8) is 0 Å². The van der Waals surface area contributed by atoms with Gasteiger partial charge in [0.25, 0.3) is 0 Å². The van der Waals surface area contributed by atoms with Crippen molar-refractivity contribution >= 4 is 6.09 Å². The lowest BCUT2D eigenvalue weighted by Crippen LogP contribution is -2.43. The first-order valence-electron chi connectivity index (χ1n) is 6.30. The first-order valence-corrected chi connectivity index (χ1v) is 6.30. The average Bonchev–Trinajstić information content (AvgIpc) is 2.68. The van der Waals surface area contributed by atoms with Gasteiger partial charge in [-0.15, -0.1) is 0 Å². The van der Waals surface area contributed by atoms with Crippen LogP contribution in [0.25, 0.3) is 0 Å². The zero-order chi connectivity index (χ0) is 12.8. The van der Waals surface area contributed by atoms with E-state index in [1.54, 1.807) is 7.11 Å². The predicted molar refractivity (Wildman–Crippen MR) is 64.9 cm³/mol. The summed E-state index contributed by atoms with van der Waals surface area (Å²) in [5, 5.41) is 0. The van der Waals surface area contributed by atoms with Gasteiger partial charge in [-0.25, -0.2) is 4.79 Å². The Kier molecular flexibility index (Phi) is 2.89. The van der Waals surface area contributed by atoms with E-state index in [1.165, 1.54) is 0 Å². The Morgan fingerprint density at radius 2 is 2.00 bits per heavy atom. The van der Waals surface area contributed by atoms with Crippen molar-refractivity contribution in [3.05, 3.63) is 0 Å². The van der Waals surface area contributed by atoms with E-state index in [9.17, 15) is 4.79 Å². The van der Waals surface area contributed by atoms with E-state index < -0.39 is 5.60 Å². The van der Waals surface area contributed by atoms with Crippen LogP contribution in [-0.2, 0) is 9.47 Å². The van der Waals surface area contributed by atoms with Gasteiger partial charge in [0.2, 0.25) is 0 Å². The summed E-state index contributed by atoms with van der Waals surface area (Å²) in [6.07, 6.45) is 2.15. The number of fused-ring (bicyclic) bond motifs is 1. The van der Waals surface area contributed by atoms with E-state index in [4.69, 9.17) is 9.47 Å². The van der Waals surface area contributed by atoms with Crippen molar-refractivity contribution in [3.8, 4) is 0 Å². The summed E-state index contributed by atoms with van der Waals surface area (Å²) < 4.78 is 10.8. The largest absolute Gasteiger partial charge is 0.444 e. The molecule has 1 saturated carbocycles. The van der Waals surface area contributed by atoms with Crippen LogP contribution in [-0.4, -0.2) is 42.4 Å².